The lowest BCUT2D eigenvalue weighted by Gasteiger charge is -2.06. The summed E-state index contributed by atoms with van der Waals surface area (Å²) in [5.74, 6) is -0.0591. The predicted octanol–water partition coefficient (Wildman–Crippen LogP) is 3.64. The van der Waals surface area contributed by atoms with Crippen molar-refractivity contribution >= 4 is 40.9 Å². The number of esters is 1. The number of halogens is 1. The highest BCUT2D eigenvalue weighted by Gasteiger charge is 2.12. The Bertz CT molecular complexity index is 977. The molecule has 0 spiro atoms. The molecule has 0 radical (unpaired) electrons. The van der Waals surface area contributed by atoms with Gasteiger partial charge in [-0.2, -0.15) is 0 Å². The van der Waals surface area contributed by atoms with Gasteiger partial charge in [0, 0.05) is 11.3 Å². The van der Waals surface area contributed by atoms with Crippen LogP contribution in [0.2, 0.25) is 5.02 Å². The molecule has 1 aromatic heterocycles. The van der Waals surface area contributed by atoms with Gasteiger partial charge in [-0.25, -0.2) is 9.78 Å². The molecule has 2 N–H and O–H groups in total. The number of aromatic nitrogens is 3. The summed E-state index contributed by atoms with van der Waals surface area (Å²) in [4.78, 5) is 28.0. The van der Waals surface area contributed by atoms with E-state index in [0.29, 0.717) is 27.3 Å². The highest BCUT2D eigenvalue weighted by atomic mass is 35.5. The number of thioether (sulfide) groups is 1. The molecule has 3 aromatic rings. The third-order valence-electron chi connectivity index (χ3n) is 3.49. The van der Waals surface area contributed by atoms with E-state index in [-0.39, 0.29) is 11.7 Å². The Kier molecular flexibility index (Phi) is 6.10. The normalized spacial score (nSPS) is 10.4. The summed E-state index contributed by atoms with van der Waals surface area (Å²) in [6, 6.07) is 13.8. The molecule has 2 aromatic carbocycles. The van der Waals surface area contributed by atoms with Gasteiger partial charge in [-0.1, -0.05) is 41.6 Å². The van der Waals surface area contributed by atoms with Crippen LogP contribution in [0, 0.1) is 0 Å². The largest absolute Gasteiger partial charge is 0.465 e. The lowest BCUT2D eigenvalue weighted by Crippen LogP contribution is -2.14. The summed E-state index contributed by atoms with van der Waals surface area (Å²) in [5.41, 5.74) is 1.61. The Morgan fingerprint density at radius 3 is 2.81 bits per heavy atom. The lowest BCUT2D eigenvalue weighted by atomic mass is 10.2. The second-order valence-corrected chi connectivity index (χ2v) is 6.71. The molecule has 0 atom stereocenters. The van der Waals surface area contributed by atoms with Gasteiger partial charge in [0.1, 0.15) is 0 Å². The Hall–Kier alpha value is -2.84. The number of carbonyl (C=O) groups excluding carboxylic acids is 2. The number of aromatic amines is 1. The van der Waals surface area contributed by atoms with E-state index in [4.69, 9.17) is 11.6 Å². The van der Waals surface area contributed by atoms with Crippen LogP contribution >= 0.6 is 23.4 Å². The maximum absolute atomic E-state index is 12.1. The molecule has 27 heavy (non-hydrogen) atoms. The predicted molar refractivity (Wildman–Crippen MR) is 104 cm³/mol. The van der Waals surface area contributed by atoms with E-state index in [2.05, 4.69) is 25.2 Å². The van der Waals surface area contributed by atoms with Crippen molar-refractivity contribution in [3.05, 3.63) is 59.1 Å². The molecule has 9 heteroatoms. The second kappa shape index (κ2) is 8.70. The number of ether oxygens (including phenoxy) is 1. The topological polar surface area (TPSA) is 97.0 Å². The first-order chi connectivity index (χ1) is 13.1. The van der Waals surface area contributed by atoms with Crippen molar-refractivity contribution < 1.29 is 14.3 Å². The molecule has 138 valence electrons. The smallest absolute Gasteiger partial charge is 0.337 e. The first kappa shape index (κ1) is 18.9. The second-order valence-electron chi connectivity index (χ2n) is 5.36. The van der Waals surface area contributed by atoms with Crippen LogP contribution in [0.1, 0.15) is 10.4 Å². The van der Waals surface area contributed by atoms with Gasteiger partial charge in [0.15, 0.2) is 5.82 Å². The minimum atomic E-state index is -0.465. The zero-order chi connectivity index (χ0) is 19.2. The number of hydrogen-bond donors (Lipinski definition) is 2. The molecule has 1 heterocycles. The van der Waals surface area contributed by atoms with Gasteiger partial charge >= 0.3 is 5.97 Å². The van der Waals surface area contributed by atoms with E-state index in [1.807, 2.05) is 18.2 Å². The van der Waals surface area contributed by atoms with Gasteiger partial charge in [0.25, 0.3) is 0 Å². The molecule has 0 aliphatic carbocycles. The molecule has 0 bridgehead atoms. The summed E-state index contributed by atoms with van der Waals surface area (Å²) in [6.07, 6.45) is 0. The molecule has 0 saturated carbocycles. The van der Waals surface area contributed by atoms with Crippen molar-refractivity contribution in [2.45, 2.75) is 5.16 Å². The van der Waals surface area contributed by atoms with Gasteiger partial charge in [-0.15, -0.1) is 5.10 Å². The summed E-state index contributed by atoms with van der Waals surface area (Å²) < 4.78 is 4.66. The van der Waals surface area contributed by atoms with Crippen molar-refractivity contribution in [3.63, 3.8) is 0 Å². The fraction of sp³-hybridized carbons (Fsp3) is 0.111. The summed E-state index contributed by atoms with van der Waals surface area (Å²) in [5, 5.41) is 10.6. The number of carbonyl (C=O) groups is 2. The zero-order valence-electron chi connectivity index (χ0n) is 14.2. The van der Waals surface area contributed by atoms with Crippen molar-refractivity contribution in [3.8, 4) is 11.4 Å². The molecule has 7 nitrogen and oxygen atoms in total. The lowest BCUT2D eigenvalue weighted by molar-refractivity contribution is -0.113. The SMILES string of the molecule is COC(=O)c1cccc(NC(=O)CSc2n[nH]c(-c3ccccc3Cl)n2)c1. The monoisotopic (exact) mass is 402 g/mol. The zero-order valence-corrected chi connectivity index (χ0v) is 15.8. The van der Waals surface area contributed by atoms with E-state index < -0.39 is 5.97 Å². The van der Waals surface area contributed by atoms with Crippen LogP contribution in [0.4, 0.5) is 5.69 Å². The fourth-order valence-corrected chi connectivity index (χ4v) is 3.08. The Morgan fingerprint density at radius 2 is 2.04 bits per heavy atom. The standard InChI is InChI=1S/C18H15ClN4O3S/c1-26-17(25)11-5-4-6-12(9-11)20-15(24)10-27-18-21-16(22-23-18)13-7-2-3-8-14(13)19/h2-9H,10H2,1H3,(H,20,24)(H,21,22,23). The average Bonchev–Trinajstić information content (AvgIpc) is 3.15. The van der Waals surface area contributed by atoms with Crippen LogP contribution < -0.4 is 5.32 Å². The maximum Gasteiger partial charge on any atom is 0.337 e. The van der Waals surface area contributed by atoms with Gasteiger partial charge < -0.3 is 10.1 Å². The van der Waals surface area contributed by atoms with Crippen molar-refractivity contribution in [2.75, 3.05) is 18.2 Å². The van der Waals surface area contributed by atoms with Gasteiger partial charge in [-0.05, 0) is 30.3 Å². The number of H-pyrrole nitrogens is 1. The highest BCUT2D eigenvalue weighted by Crippen LogP contribution is 2.26. The Morgan fingerprint density at radius 1 is 1.22 bits per heavy atom. The molecular formula is C18H15ClN4O3S. The van der Waals surface area contributed by atoms with Gasteiger partial charge in [0.05, 0.1) is 23.4 Å². The number of methoxy groups -OCH3 is 1. The first-order valence-corrected chi connectivity index (χ1v) is 9.21. The molecule has 0 aliphatic heterocycles. The number of anilines is 1. The third-order valence-corrected chi connectivity index (χ3v) is 4.67. The number of rotatable bonds is 6. The first-order valence-electron chi connectivity index (χ1n) is 7.85. The third kappa shape index (κ3) is 4.87. The van der Waals surface area contributed by atoms with Crippen LogP contribution in [0.25, 0.3) is 11.4 Å². The van der Waals surface area contributed by atoms with E-state index in [1.54, 1.807) is 30.3 Å². The van der Waals surface area contributed by atoms with Crippen LogP contribution in [0.3, 0.4) is 0 Å². The Labute approximate surface area is 164 Å². The summed E-state index contributed by atoms with van der Waals surface area (Å²) in [6.45, 7) is 0. The molecule has 0 fully saturated rings. The van der Waals surface area contributed by atoms with Crippen LogP contribution in [-0.4, -0.2) is 39.9 Å². The molecule has 0 aliphatic rings. The average molecular weight is 403 g/mol. The number of benzene rings is 2. The van der Waals surface area contributed by atoms with E-state index in [9.17, 15) is 9.59 Å². The van der Waals surface area contributed by atoms with Gasteiger partial charge in [-0.3, -0.25) is 9.89 Å². The van der Waals surface area contributed by atoms with Crippen LogP contribution in [0.15, 0.2) is 53.7 Å². The minimum absolute atomic E-state index is 0.113. The van der Waals surface area contributed by atoms with Crippen LogP contribution in [-0.2, 0) is 9.53 Å². The van der Waals surface area contributed by atoms with E-state index in [0.717, 1.165) is 5.56 Å². The van der Waals surface area contributed by atoms with Crippen molar-refractivity contribution in [1.82, 2.24) is 15.2 Å². The molecule has 1 amide bonds. The molecule has 0 saturated heterocycles. The highest BCUT2D eigenvalue weighted by molar-refractivity contribution is 7.99. The van der Waals surface area contributed by atoms with E-state index >= 15 is 0 Å². The minimum Gasteiger partial charge on any atom is -0.465 e. The molecule has 3 rings (SSSR count). The quantitative estimate of drug-likeness (QED) is 0.482. The number of amides is 1. The van der Waals surface area contributed by atoms with Gasteiger partial charge in [0.2, 0.25) is 11.1 Å². The molecular weight excluding hydrogens is 388 g/mol. The Balaban J connectivity index is 1.59. The number of nitrogens with one attached hydrogen (secondary N) is 2. The van der Waals surface area contributed by atoms with Crippen molar-refractivity contribution in [1.29, 1.82) is 0 Å². The van der Waals surface area contributed by atoms with Crippen LogP contribution in [0.5, 0.6) is 0 Å². The summed E-state index contributed by atoms with van der Waals surface area (Å²) in [7, 11) is 1.30. The maximum atomic E-state index is 12.1. The fourth-order valence-electron chi connectivity index (χ4n) is 2.25. The van der Waals surface area contributed by atoms with Crippen molar-refractivity contribution in [2.24, 2.45) is 0 Å². The van der Waals surface area contributed by atoms with E-state index in [1.165, 1.54) is 18.9 Å². The summed E-state index contributed by atoms with van der Waals surface area (Å²) >= 11 is 7.32. The molecule has 0 unspecified atom stereocenters. The number of nitrogens with zero attached hydrogens (tertiary/aromatic N) is 2. The number of hydrogen-bond acceptors (Lipinski definition) is 6.